The normalized spacial score (nSPS) is 13.8. The molecule has 5 heterocycles. The second-order valence-corrected chi connectivity index (χ2v) is 17.9. The first-order valence-corrected chi connectivity index (χ1v) is 23.9. The first-order chi connectivity index (χ1) is 34.0. The number of carbonyl (C=O) groups is 1. The highest BCUT2D eigenvalue weighted by Crippen LogP contribution is 2.43. The fourth-order valence-corrected chi connectivity index (χ4v) is 10.1. The molecule has 0 unspecified atom stereocenters. The highest BCUT2D eigenvalue weighted by atomic mass is 16.5. The second-order valence-electron chi connectivity index (χ2n) is 17.9. The fourth-order valence-electron chi connectivity index (χ4n) is 10.1. The molecular formula is C60H49N4O5+. The summed E-state index contributed by atoms with van der Waals surface area (Å²) in [6.07, 6.45) is 7.53. The number of hydrogen-bond acceptors (Lipinski definition) is 8. The number of ether oxygens (including phenoxy) is 2. The summed E-state index contributed by atoms with van der Waals surface area (Å²) in [7, 11) is 0. The molecular weight excluding hydrogens is 857 g/mol. The smallest absolute Gasteiger partial charge is 0.338 e. The molecule has 0 saturated carbocycles. The minimum atomic E-state index is -0.333. The van der Waals surface area contributed by atoms with Gasteiger partial charge in [-0.1, -0.05) is 103 Å². The summed E-state index contributed by atoms with van der Waals surface area (Å²) in [5, 5.41) is 2.15. The summed E-state index contributed by atoms with van der Waals surface area (Å²) in [4.78, 5) is 25.2. The van der Waals surface area contributed by atoms with Crippen LogP contribution in [0.4, 0.5) is 5.69 Å². The average Bonchev–Trinajstić information content (AvgIpc) is 4.11. The van der Waals surface area contributed by atoms with Crippen LogP contribution in [0.25, 0.3) is 51.1 Å². The average molecular weight is 906 g/mol. The molecule has 9 heteroatoms. The SMILES string of the molecule is CCOC(=O)c1ccccc1C1=c2cc3c(cc2Oc2cc4c(cc21)CCCN4Cc1ccc(-c2cnc(-c4ccccc4)o2)cc1)=[N+](Cc1ccc(-c2cnc(-c4ccccc4)o2)cc1)CCC3. The van der Waals surface area contributed by atoms with E-state index in [0.717, 1.165) is 130 Å². The number of fused-ring (bicyclic) bond motifs is 4. The third-order valence-electron chi connectivity index (χ3n) is 13.5. The van der Waals surface area contributed by atoms with E-state index in [9.17, 15) is 4.79 Å². The lowest BCUT2D eigenvalue weighted by atomic mass is 9.86. The van der Waals surface area contributed by atoms with E-state index in [1.165, 1.54) is 22.3 Å². The van der Waals surface area contributed by atoms with Gasteiger partial charge in [0.2, 0.25) is 17.1 Å². The van der Waals surface area contributed by atoms with E-state index >= 15 is 0 Å². The van der Waals surface area contributed by atoms with Crippen LogP contribution in [-0.4, -0.2) is 35.6 Å². The molecule has 0 bridgehead atoms. The Bertz CT molecular complexity index is 3510. The van der Waals surface area contributed by atoms with Gasteiger partial charge in [-0.05, 0) is 85.3 Å². The van der Waals surface area contributed by atoms with Gasteiger partial charge in [0, 0.05) is 81.0 Å². The third kappa shape index (κ3) is 8.20. The van der Waals surface area contributed by atoms with E-state index < -0.39 is 0 Å². The molecule has 338 valence electrons. The van der Waals surface area contributed by atoms with Gasteiger partial charge in [0.05, 0.1) is 30.6 Å². The molecule has 69 heavy (non-hydrogen) atoms. The summed E-state index contributed by atoms with van der Waals surface area (Å²) in [5.41, 5.74) is 13.3. The minimum absolute atomic E-state index is 0.293. The number of rotatable bonds is 11. The molecule has 0 spiro atoms. The Morgan fingerprint density at radius 3 is 1.96 bits per heavy atom. The molecule has 0 saturated heterocycles. The molecule has 3 aliphatic heterocycles. The van der Waals surface area contributed by atoms with Crippen molar-refractivity contribution < 1.29 is 23.1 Å². The number of aryl methyl sites for hydroxylation is 2. The van der Waals surface area contributed by atoms with Gasteiger partial charge < -0.3 is 23.2 Å². The minimum Gasteiger partial charge on any atom is -0.462 e. The van der Waals surface area contributed by atoms with Crippen molar-refractivity contribution >= 4 is 17.2 Å². The maximum absolute atomic E-state index is 13.7. The van der Waals surface area contributed by atoms with Crippen LogP contribution in [0.3, 0.4) is 0 Å². The van der Waals surface area contributed by atoms with Crippen LogP contribution in [0.5, 0.6) is 11.5 Å². The zero-order chi connectivity index (χ0) is 46.3. The number of nitrogens with zero attached hydrogens (tertiary/aromatic N) is 4. The Balaban J connectivity index is 0.890. The molecule has 0 amide bonds. The van der Waals surface area contributed by atoms with E-state index in [2.05, 4.69) is 92.2 Å². The molecule has 0 aliphatic carbocycles. The van der Waals surface area contributed by atoms with Crippen molar-refractivity contribution in [2.45, 2.75) is 45.7 Å². The Hall–Kier alpha value is -8.30. The van der Waals surface area contributed by atoms with Crippen LogP contribution in [0.15, 0.2) is 179 Å². The van der Waals surface area contributed by atoms with Crippen LogP contribution < -0.4 is 24.8 Å². The summed E-state index contributed by atoms with van der Waals surface area (Å²) < 4.78 is 27.5. The predicted molar refractivity (Wildman–Crippen MR) is 268 cm³/mol. The Morgan fingerprint density at radius 1 is 0.638 bits per heavy atom. The lowest BCUT2D eigenvalue weighted by molar-refractivity contribution is 0.0526. The van der Waals surface area contributed by atoms with E-state index in [1.54, 1.807) is 12.4 Å². The van der Waals surface area contributed by atoms with E-state index in [0.29, 0.717) is 24.0 Å². The molecule has 2 aromatic heterocycles. The molecule has 9 aromatic rings. The van der Waals surface area contributed by atoms with E-state index in [-0.39, 0.29) is 5.97 Å². The van der Waals surface area contributed by atoms with Gasteiger partial charge in [-0.3, -0.25) is 0 Å². The molecule has 12 rings (SSSR count). The maximum Gasteiger partial charge on any atom is 0.338 e. The van der Waals surface area contributed by atoms with Gasteiger partial charge in [0.25, 0.3) is 0 Å². The first kappa shape index (κ1) is 42.1. The summed E-state index contributed by atoms with van der Waals surface area (Å²) in [5.74, 6) is 3.92. The molecule has 0 N–H and O–H groups in total. The topological polar surface area (TPSA) is 93.8 Å². The fraction of sp³-hybridized carbons (Fsp3) is 0.167. The lowest BCUT2D eigenvalue weighted by Gasteiger charge is -2.33. The quantitative estimate of drug-likeness (QED) is 0.0936. The zero-order valence-corrected chi connectivity index (χ0v) is 38.4. The Morgan fingerprint density at radius 2 is 1.28 bits per heavy atom. The Kier molecular flexibility index (Phi) is 11.0. The highest BCUT2D eigenvalue weighted by molar-refractivity contribution is 5.99. The monoisotopic (exact) mass is 905 g/mol. The molecule has 7 aromatic carbocycles. The predicted octanol–water partition coefficient (Wildman–Crippen LogP) is 11.5. The van der Waals surface area contributed by atoms with E-state index in [1.807, 2.05) is 91.9 Å². The molecule has 9 nitrogen and oxygen atoms in total. The number of benzene rings is 7. The van der Waals surface area contributed by atoms with Gasteiger partial charge in [-0.2, -0.15) is 0 Å². The van der Waals surface area contributed by atoms with Crippen molar-refractivity contribution in [1.29, 1.82) is 0 Å². The van der Waals surface area contributed by atoms with Crippen molar-refractivity contribution in [2.75, 3.05) is 24.6 Å². The van der Waals surface area contributed by atoms with Crippen LogP contribution >= 0.6 is 0 Å². The largest absolute Gasteiger partial charge is 0.462 e. The first-order valence-electron chi connectivity index (χ1n) is 23.9. The zero-order valence-electron chi connectivity index (χ0n) is 38.4. The van der Waals surface area contributed by atoms with Crippen molar-refractivity contribution in [3.63, 3.8) is 0 Å². The number of esters is 1. The summed E-state index contributed by atoms with van der Waals surface area (Å²) in [6.45, 7) is 5.47. The standard InChI is InChI=1S/C60H49N4O5/c1-2-66-60(65)48-20-10-9-19-47(48)57-49-31-45-17-11-29-63(37-39-21-25-41(26-22-39)55-35-61-58(68-55)43-13-5-3-6-14-43)51(45)33-53(49)67-54-34-52-46(32-50(54)57)18-12-30-64(52)38-40-23-27-42(28-24-40)56-36-62-59(69-56)44-15-7-4-8-16-44/h3-10,13-16,19-28,31-36H,2,11-12,17-18,29-30,37-38H2,1H3/q+1. The highest BCUT2D eigenvalue weighted by Gasteiger charge is 2.30. The number of hydrogen-bond donors (Lipinski definition) is 0. The van der Waals surface area contributed by atoms with Crippen molar-refractivity contribution in [3.05, 3.63) is 220 Å². The van der Waals surface area contributed by atoms with Crippen LogP contribution in [-0.2, 0) is 30.7 Å². The van der Waals surface area contributed by atoms with E-state index in [4.69, 9.17) is 18.3 Å². The number of anilines is 1. The van der Waals surface area contributed by atoms with Gasteiger partial charge in [0.15, 0.2) is 18.1 Å². The van der Waals surface area contributed by atoms with Gasteiger partial charge in [-0.25, -0.2) is 19.3 Å². The summed E-state index contributed by atoms with van der Waals surface area (Å²) in [6, 6.07) is 54.0. The number of aromatic nitrogens is 2. The van der Waals surface area contributed by atoms with Crippen LogP contribution in [0, 0.1) is 0 Å². The third-order valence-corrected chi connectivity index (χ3v) is 13.5. The Labute approximate surface area is 400 Å². The second kappa shape index (κ2) is 18.1. The number of oxazole rings is 2. The molecule has 0 atom stereocenters. The maximum atomic E-state index is 13.7. The molecule has 0 radical (unpaired) electrons. The van der Waals surface area contributed by atoms with Crippen LogP contribution in [0.1, 0.15) is 63.5 Å². The van der Waals surface area contributed by atoms with Gasteiger partial charge >= 0.3 is 5.97 Å². The number of carbonyl (C=O) groups excluding carboxylic acids is 1. The van der Waals surface area contributed by atoms with Crippen LogP contribution in [0.2, 0.25) is 0 Å². The van der Waals surface area contributed by atoms with Crippen molar-refractivity contribution in [2.24, 2.45) is 0 Å². The molecule has 3 aliphatic rings. The lowest BCUT2D eigenvalue weighted by Crippen LogP contribution is -2.39. The van der Waals surface area contributed by atoms with Gasteiger partial charge in [0.1, 0.15) is 18.0 Å². The van der Waals surface area contributed by atoms with Crippen molar-refractivity contribution in [3.8, 4) is 57.1 Å². The van der Waals surface area contributed by atoms with Crippen molar-refractivity contribution in [1.82, 2.24) is 14.5 Å². The molecule has 0 fully saturated rings. The van der Waals surface area contributed by atoms with Gasteiger partial charge in [-0.15, -0.1) is 0 Å². The summed E-state index contributed by atoms with van der Waals surface area (Å²) >= 11 is 0.